The summed E-state index contributed by atoms with van der Waals surface area (Å²) in [7, 11) is 0. The quantitative estimate of drug-likeness (QED) is 0.834. The summed E-state index contributed by atoms with van der Waals surface area (Å²) in [5, 5.41) is 17.6. The number of carboxylic acids is 1. The summed E-state index contributed by atoms with van der Waals surface area (Å²) < 4.78 is 13.1. The van der Waals surface area contributed by atoms with Crippen molar-refractivity contribution in [1.82, 2.24) is 4.90 Å². The highest BCUT2D eigenvalue weighted by Gasteiger charge is 2.28. The van der Waals surface area contributed by atoms with Gasteiger partial charge in [0, 0.05) is 19.6 Å². The first-order valence-electron chi connectivity index (χ1n) is 5.46. The highest BCUT2D eigenvalue weighted by molar-refractivity contribution is 5.67. The lowest BCUT2D eigenvalue weighted by molar-refractivity contribution is -0.139. The first-order valence-corrected chi connectivity index (χ1v) is 5.46. The van der Waals surface area contributed by atoms with Crippen LogP contribution in [0.5, 0.6) is 5.75 Å². The number of halogens is 1. The molecule has 2 rings (SSSR count). The number of aliphatic carboxylic acids is 1. The number of nitrogens with zero attached hydrogens (tertiary/aromatic N) is 1. The molecule has 0 atom stereocenters. The smallest absolute Gasteiger partial charge is 0.303 e. The number of benzene rings is 1. The van der Waals surface area contributed by atoms with Crippen LogP contribution < -0.4 is 0 Å². The second kappa shape index (κ2) is 4.71. The van der Waals surface area contributed by atoms with E-state index in [1.165, 1.54) is 12.1 Å². The number of rotatable bonds is 4. The van der Waals surface area contributed by atoms with Gasteiger partial charge in [-0.05, 0) is 23.6 Å². The van der Waals surface area contributed by atoms with Crippen molar-refractivity contribution in [3.05, 3.63) is 29.6 Å². The molecule has 0 unspecified atom stereocenters. The van der Waals surface area contributed by atoms with Crippen LogP contribution in [0.15, 0.2) is 18.2 Å². The molecule has 1 heterocycles. The molecule has 1 aromatic carbocycles. The van der Waals surface area contributed by atoms with Gasteiger partial charge in [0.25, 0.3) is 0 Å². The molecule has 92 valence electrons. The fourth-order valence-corrected chi connectivity index (χ4v) is 2.09. The van der Waals surface area contributed by atoms with Crippen LogP contribution in [0.4, 0.5) is 4.39 Å². The minimum atomic E-state index is -0.773. The van der Waals surface area contributed by atoms with Crippen LogP contribution in [-0.4, -0.2) is 34.2 Å². The largest absolute Gasteiger partial charge is 0.505 e. The molecule has 0 spiro atoms. The number of aromatic hydroxyl groups is 1. The molecule has 0 aromatic heterocycles. The van der Waals surface area contributed by atoms with E-state index in [1.54, 1.807) is 6.07 Å². The lowest BCUT2D eigenvalue weighted by Gasteiger charge is -2.38. The van der Waals surface area contributed by atoms with Gasteiger partial charge in [-0.1, -0.05) is 6.07 Å². The van der Waals surface area contributed by atoms with E-state index >= 15 is 0 Å². The van der Waals surface area contributed by atoms with Gasteiger partial charge in [-0.3, -0.25) is 9.69 Å². The number of hydrogen-bond acceptors (Lipinski definition) is 3. The molecule has 1 saturated heterocycles. The third kappa shape index (κ3) is 2.94. The van der Waals surface area contributed by atoms with E-state index in [1.807, 2.05) is 0 Å². The number of hydrogen-bond donors (Lipinski definition) is 2. The topological polar surface area (TPSA) is 60.8 Å². The number of carbonyl (C=O) groups is 1. The summed E-state index contributed by atoms with van der Waals surface area (Å²) in [5.41, 5.74) is 0.786. The average molecular weight is 239 g/mol. The van der Waals surface area contributed by atoms with E-state index in [2.05, 4.69) is 4.90 Å². The van der Waals surface area contributed by atoms with E-state index in [0.29, 0.717) is 6.54 Å². The van der Waals surface area contributed by atoms with E-state index in [0.717, 1.165) is 18.7 Å². The molecule has 1 aliphatic heterocycles. The van der Waals surface area contributed by atoms with E-state index in [-0.39, 0.29) is 18.1 Å². The van der Waals surface area contributed by atoms with E-state index in [4.69, 9.17) is 10.2 Å². The van der Waals surface area contributed by atoms with Gasteiger partial charge in [0.2, 0.25) is 0 Å². The maximum Gasteiger partial charge on any atom is 0.303 e. The Labute approximate surface area is 98.3 Å². The van der Waals surface area contributed by atoms with E-state index < -0.39 is 11.8 Å². The Bertz CT molecular complexity index is 430. The molecule has 5 heteroatoms. The van der Waals surface area contributed by atoms with Gasteiger partial charge in [0.1, 0.15) is 0 Å². The molecule has 1 aromatic rings. The maximum absolute atomic E-state index is 13.1. The van der Waals surface area contributed by atoms with Crippen LogP contribution in [0, 0.1) is 11.7 Å². The number of phenols is 1. The number of phenolic OH excluding ortho intramolecular Hbond substituents is 1. The van der Waals surface area contributed by atoms with E-state index in [9.17, 15) is 9.18 Å². The SMILES string of the molecule is O=C(O)CC1CN(Cc2ccc(O)c(F)c2)C1. The highest BCUT2D eigenvalue weighted by Crippen LogP contribution is 2.23. The zero-order valence-corrected chi connectivity index (χ0v) is 9.27. The predicted octanol–water partition coefficient (Wildman–Crippen LogP) is 1.44. The molecule has 0 radical (unpaired) electrons. The van der Waals surface area contributed by atoms with Gasteiger partial charge in [-0.15, -0.1) is 0 Å². The van der Waals surface area contributed by atoms with Crippen molar-refractivity contribution in [2.75, 3.05) is 13.1 Å². The maximum atomic E-state index is 13.1. The van der Waals surface area contributed by atoms with Gasteiger partial charge >= 0.3 is 5.97 Å². The van der Waals surface area contributed by atoms with Crippen LogP contribution in [0.1, 0.15) is 12.0 Å². The summed E-state index contributed by atoms with van der Waals surface area (Å²) in [6.07, 6.45) is 0.195. The Balaban J connectivity index is 1.83. The summed E-state index contributed by atoms with van der Waals surface area (Å²) in [6, 6.07) is 4.31. The third-order valence-corrected chi connectivity index (χ3v) is 2.91. The Kier molecular flexibility index (Phi) is 3.28. The second-order valence-electron chi connectivity index (χ2n) is 4.44. The van der Waals surface area contributed by atoms with Gasteiger partial charge < -0.3 is 10.2 Å². The van der Waals surface area contributed by atoms with Gasteiger partial charge in [-0.2, -0.15) is 0 Å². The zero-order chi connectivity index (χ0) is 12.4. The average Bonchev–Trinajstić information content (AvgIpc) is 2.19. The lowest BCUT2D eigenvalue weighted by atomic mass is 9.96. The molecule has 17 heavy (non-hydrogen) atoms. The first-order chi connectivity index (χ1) is 8.04. The zero-order valence-electron chi connectivity index (χ0n) is 9.27. The summed E-state index contributed by atoms with van der Waals surface area (Å²) in [4.78, 5) is 12.5. The number of carboxylic acid groups (broad SMARTS) is 1. The number of likely N-dealkylation sites (tertiary alicyclic amines) is 1. The normalized spacial score (nSPS) is 16.8. The molecule has 4 nitrogen and oxygen atoms in total. The van der Waals surface area contributed by atoms with Crippen molar-refractivity contribution in [2.45, 2.75) is 13.0 Å². The Hall–Kier alpha value is -1.62. The minimum absolute atomic E-state index is 0.195. The van der Waals surface area contributed by atoms with Crippen molar-refractivity contribution >= 4 is 5.97 Å². The Morgan fingerprint density at radius 2 is 2.18 bits per heavy atom. The van der Waals surface area contributed by atoms with Gasteiger partial charge in [-0.25, -0.2) is 4.39 Å². The van der Waals surface area contributed by atoms with Crippen LogP contribution in [0.25, 0.3) is 0 Å². The second-order valence-corrected chi connectivity index (χ2v) is 4.44. The standard InChI is InChI=1S/C12H14FNO3/c13-10-3-8(1-2-11(10)15)5-14-6-9(7-14)4-12(16)17/h1-3,9,15H,4-7H2,(H,16,17). The fourth-order valence-electron chi connectivity index (χ4n) is 2.09. The van der Waals surface area contributed by atoms with Gasteiger partial charge in [0.05, 0.1) is 6.42 Å². The molecule has 0 amide bonds. The Morgan fingerprint density at radius 3 is 2.76 bits per heavy atom. The van der Waals surface area contributed by atoms with Crippen molar-refractivity contribution in [3.63, 3.8) is 0 Å². The van der Waals surface area contributed by atoms with Crippen LogP contribution in [-0.2, 0) is 11.3 Å². The first kappa shape index (κ1) is 11.9. The van der Waals surface area contributed by atoms with Crippen LogP contribution in [0.2, 0.25) is 0 Å². The van der Waals surface area contributed by atoms with Crippen molar-refractivity contribution in [3.8, 4) is 5.75 Å². The fraction of sp³-hybridized carbons (Fsp3) is 0.417. The summed E-state index contributed by atoms with van der Waals surface area (Å²) >= 11 is 0. The molecule has 0 bridgehead atoms. The van der Waals surface area contributed by atoms with Gasteiger partial charge in [0.15, 0.2) is 11.6 Å². The summed E-state index contributed by atoms with van der Waals surface area (Å²) in [5.74, 6) is -1.54. The van der Waals surface area contributed by atoms with Crippen LogP contribution in [0.3, 0.4) is 0 Å². The monoisotopic (exact) mass is 239 g/mol. The lowest BCUT2D eigenvalue weighted by Crippen LogP contribution is -2.46. The van der Waals surface area contributed by atoms with Crippen molar-refractivity contribution in [2.24, 2.45) is 5.92 Å². The molecular weight excluding hydrogens is 225 g/mol. The highest BCUT2D eigenvalue weighted by atomic mass is 19.1. The third-order valence-electron chi connectivity index (χ3n) is 2.91. The van der Waals surface area contributed by atoms with Crippen molar-refractivity contribution < 1.29 is 19.4 Å². The molecule has 2 N–H and O–H groups in total. The van der Waals surface area contributed by atoms with Crippen molar-refractivity contribution in [1.29, 1.82) is 0 Å². The van der Waals surface area contributed by atoms with Crippen LogP contribution >= 0.6 is 0 Å². The summed E-state index contributed by atoms with van der Waals surface area (Å²) in [6.45, 7) is 2.05. The predicted molar refractivity (Wildman–Crippen MR) is 59.1 cm³/mol. The Morgan fingerprint density at radius 1 is 1.47 bits per heavy atom. The minimum Gasteiger partial charge on any atom is -0.505 e. The molecule has 0 saturated carbocycles. The molecule has 1 fully saturated rings. The molecular formula is C12H14FNO3. The molecule has 0 aliphatic carbocycles. The molecule has 1 aliphatic rings.